The highest BCUT2D eigenvalue weighted by molar-refractivity contribution is 6.11. The molecule has 9 aromatic rings. The predicted molar refractivity (Wildman–Crippen MR) is 234 cm³/mol. The molecule has 1 unspecified atom stereocenters. The number of hydrogen-bond acceptors (Lipinski definition) is 5. The maximum atomic E-state index is 11.8. The van der Waals surface area contributed by atoms with Crippen LogP contribution in [0.25, 0.3) is 72.8 Å². The molecule has 0 spiro atoms. The van der Waals surface area contributed by atoms with Crippen molar-refractivity contribution in [1.82, 2.24) is 19.5 Å². The minimum atomic E-state index is 0.173. The molecule has 58 heavy (non-hydrogen) atoms. The van der Waals surface area contributed by atoms with E-state index in [-0.39, 0.29) is 5.92 Å². The number of fused-ring (bicyclic) bond motifs is 6. The van der Waals surface area contributed by atoms with Crippen molar-refractivity contribution in [2.45, 2.75) is 12.3 Å². The standard InChI is InChI=1S/C52H34N6/c53-33-43-42(52-55-50(35-20-6-2-7-21-35)54-51(56-52)36-22-8-3-9-23-36)32-41(34-18-4-1-5-19-34)48(57-44-28-14-10-24-37(44)38-25-11-15-29-45(38)57)49(43)58-46-30-16-12-26-39(46)40-27-13-17-31-47(40)58/h1-24,26-32,38H,25H2. The first-order valence-corrected chi connectivity index (χ1v) is 19.5. The van der Waals surface area contributed by atoms with Gasteiger partial charge >= 0.3 is 0 Å². The molecule has 0 amide bonds. The van der Waals surface area contributed by atoms with Crippen molar-refractivity contribution in [3.8, 4) is 57.0 Å². The van der Waals surface area contributed by atoms with Crippen LogP contribution in [0, 0.1) is 11.3 Å². The molecule has 11 rings (SSSR count). The second-order valence-corrected chi connectivity index (χ2v) is 14.6. The van der Waals surface area contributed by atoms with Gasteiger partial charge in [0.05, 0.1) is 28.0 Å². The van der Waals surface area contributed by atoms with E-state index in [4.69, 9.17) is 15.0 Å². The van der Waals surface area contributed by atoms with Gasteiger partial charge in [-0.3, -0.25) is 0 Å². The number of para-hydroxylation sites is 3. The van der Waals surface area contributed by atoms with Crippen LogP contribution in [0.4, 0.5) is 11.4 Å². The van der Waals surface area contributed by atoms with Gasteiger partial charge in [0.1, 0.15) is 6.07 Å². The summed E-state index contributed by atoms with van der Waals surface area (Å²) in [5, 5.41) is 14.0. The van der Waals surface area contributed by atoms with E-state index in [1.807, 2.05) is 66.7 Å². The molecule has 7 aromatic carbocycles. The van der Waals surface area contributed by atoms with Crippen LogP contribution >= 0.6 is 0 Å². The summed E-state index contributed by atoms with van der Waals surface area (Å²) in [5.41, 5.74) is 12.1. The molecule has 0 fully saturated rings. The van der Waals surface area contributed by atoms with Gasteiger partial charge in [0.15, 0.2) is 17.5 Å². The molecule has 0 N–H and O–H groups in total. The third-order valence-corrected chi connectivity index (χ3v) is 11.4. The Kier molecular flexibility index (Phi) is 7.90. The molecule has 6 heteroatoms. The first-order valence-electron chi connectivity index (χ1n) is 19.5. The normalized spacial score (nSPS) is 14.3. The highest BCUT2D eigenvalue weighted by atomic mass is 15.2. The lowest BCUT2D eigenvalue weighted by atomic mass is 9.91. The Morgan fingerprint density at radius 1 is 0.534 bits per heavy atom. The third-order valence-electron chi connectivity index (χ3n) is 11.4. The fraction of sp³-hybridized carbons (Fsp3) is 0.0385. The Hall–Kier alpha value is -7.88. The lowest BCUT2D eigenvalue weighted by Crippen LogP contribution is -2.19. The maximum absolute atomic E-state index is 11.8. The second kappa shape index (κ2) is 13.7. The smallest absolute Gasteiger partial charge is 0.165 e. The number of nitrogens with zero attached hydrogens (tertiary/aromatic N) is 6. The molecular formula is C52H34N6. The van der Waals surface area contributed by atoms with Crippen LogP contribution < -0.4 is 4.90 Å². The minimum Gasteiger partial charge on any atom is -0.311 e. The lowest BCUT2D eigenvalue weighted by molar-refractivity contribution is 0.819. The Balaban J connectivity index is 1.33. The van der Waals surface area contributed by atoms with Gasteiger partial charge in [0, 0.05) is 50.3 Å². The fourth-order valence-corrected chi connectivity index (χ4v) is 8.83. The lowest BCUT2D eigenvalue weighted by Gasteiger charge is -2.31. The Bertz CT molecular complexity index is 3050. The van der Waals surface area contributed by atoms with Crippen LogP contribution in [-0.2, 0) is 0 Å². The summed E-state index contributed by atoms with van der Waals surface area (Å²) < 4.78 is 2.29. The number of aromatic nitrogens is 4. The summed E-state index contributed by atoms with van der Waals surface area (Å²) in [4.78, 5) is 17.8. The molecule has 3 heterocycles. The van der Waals surface area contributed by atoms with E-state index in [0.717, 1.165) is 67.5 Å². The molecule has 0 saturated carbocycles. The molecule has 1 aliphatic carbocycles. The molecule has 6 nitrogen and oxygen atoms in total. The Morgan fingerprint density at radius 2 is 1.07 bits per heavy atom. The summed E-state index contributed by atoms with van der Waals surface area (Å²) >= 11 is 0. The Morgan fingerprint density at radius 3 is 1.69 bits per heavy atom. The summed E-state index contributed by atoms with van der Waals surface area (Å²) in [6.07, 6.45) is 7.54. The van der Waals surface area contributed by atoms with Gasteiger partial charge in [0.2, 0.25) is 0 Å². The number of rotatable bonds is 6. The first kappa shape index (κ1) is 33.5. The number of nitriles is 1. The molecule has 0 bridgehead atoms. The van der Waals surface area contributed by atoms with Crippen molar-refractivity contribution in [3.63, 3.8) is 0 Å². The highest BCUT2D eigenvalue weighted by Crippen LogP contribution is 2.56. The number of hydrogen-bond donors (Lipinski definition) is 0. The zero-order valence-electron chi connectivity index (χ0n) is 31.4. The zero-order valence-corrected chi connectivity index (χ0v) is 31.4. The average molecular weight is 743 g/mol. The van der Waals surface area contributed by atoms with E-state index in [9.17, 15) is 5.26 Å². The van der Waals surface area contributed by atoms with Crippen molar-refractivity contribution in [2.24, 2.45) is 0 Å². The van der Waals surface area contributed by atoms with Gasteiger partial charge in [-0.05, 0) is 47.9 Å². The van der Waals surface area contributed by atoms with Crippen molar-refractivity contribution in [3.05, 3.63) is 205 Å². The molecule has 1 aliphatic heterocycles. The SMILES string of the molecule is N#Cc1c(-c2nc(-c3ccccc3)nc(-c3ccccc3)n2)cc(-c2ccccc2)c(N2C3=CC=CCC3c3ccccc32)c1-n1c2ccccc2c2ccccc21. The largest absolute Gasteiger partial charge is 0.311 e. The third kappa shape index (κ3) is 5.29. The summed E-state index contributed by atoms with van der Waals surface area (Å²) in [7, 11) is 0. The predicted octanol–water partition coefficient (Wildman–Crippen LogP) is 12.6. The molecule has 0 radical (unpaired) electrons. The summed E-state index contributed by atoms with van der Waals surface area (Å²) in [6.45, 7) is 0. The zero-order chi connectivity index (χ0) is 38.6. The quantitative estimate of drug-likeness (QED) is 0.170. The summed E-state index contributed by atoms with van der Waals surface area (Å²) in [6, 6.07) is 61.0. The van der Waals surface area contributed by atoms with Gasteiger partial charge in [-0.15, -0.1) is 0 Å². The molecule has 1 atom stereocenters. The van der Waals surface area contributed by atoms with Crippen LogP contribution in [0.5, 0.6) is 0 Å². The van der Waals surface area contributed by atoms with E-state index in [2.05, 4.69) is 137 Å². The van der Waals surface area contributed by atoms with Crippen LogP contribution in [0.1, 0.15) is 23.5 Å². The van der Waals surface area contributed by atoms with Crippen molar-refractivity contribution >= 4 is 33.2 Å². The van der Waals surface area contributed by atoms with Gasteiger partial charge in [0.25, 0.3) is 0 Å². The minimum absolute atomic E-state index is 0.173. The fourth-order valence-electron chi connectivity index (χ4n) is 8.83. The number of benzene rings is 7. The van der Waals surface area contributed by atoms with Crippen LogP contribution in [-0.4, -0.2) is 19.5 Å². The molecule has 0 saturated heterocycles. The topological polar surface area (TPSA) is 70.6 Å². The molecule has 2 aliphatic rings. The van der Waals surface area contributed by atoms with Crippen molar-refractivity contribution in [1.29, 1.82) is 5.26 Å². The average Bonchev–Trinajstić information content (AvgIpc) is 3.82. The van der Waals surface area contributed by atoms with E-state index < -0.39 is 0 Å². The van der Waals surface area contributed by atoms with Gasteiger partial charge in [-0.2, -0.15) is 5.26 Å². The Labute approximate surface area is 336 Å². The van der Waals surface area contributed by atoms with Gasteiger partial charge in [-0.1, -0.05) is 158 Å². The molecule has 2 aromatic heterocycles. The second-order valence-electron chi connectivity index (χ2n) is 14.6. The summed E-state index contributed by atoms with van der Waals surface area (Å²) in [5.74, 6) is 1.67. The maximum Gasteiger partial charge on any atom is 0.165 e. The van der Waals surface area contributed by atoms with Crippen molar-refractivity contribution in [2.75, 3.05) is 4.90 Å². The monoisotopic (exact) mass is 742 g/mol. The van der Waals surface area contributed by atoms with Gasteiger partial charge in [-0.25, -0.2) is 15.0 Å². The van der Waals surface area contributed by atoms with Crippen LogP contribution in [0.2, 0.25) is 0 Å². The highest BCUT2D eigenvalue weighted by Gasteiger charge is 2.39. The number of allylic oxidation sites excluding steroid dienone is 4. The number of anilines is 2. The molecule has 272 valence electrons. The van der Waals surface area contributed by atoms with Crippen LogP contribution in [0.3, 0.4) is 0 Å². The van der Waals surface area contributed by atoms with E-state index >= 15 is 0 Å². The first-order chi connectivity index (χ1) is 28.8. The van der Waals surface area contributed by atoms with E-state index in [0.29, 0.717) is 28.6 Å². The van der Waals surface area contributed by atoms with Crippen LogP contribution in [0.15, 0.2) is 194 Å². The van der Waals surface area contributed by atoms with E-state index in [1.165, 1.54) is 11.3 Å². The van der Waals surface area contributed by atoms with Crippen molar-refractivity contribution < 1.29 is 0 Å². The van der Waals surface area contributed by atoms with E-state index in [1.54, 1.807) is 0 Å². The molecular weight excluding hydrogens is 709 g/mol. The van der Waals surface area contributed by atoms with Gasteiger partial charge < -0.3 is 9.47 Å².